The highest BCUT2D eigenvalue weighted by atomic mass is 16.2. The fourth-order valence-electron chi connectivity index (χ4n) is 3.15. The van der Waals surface area contributed by atoms with Crippen LogP contribution in [0.3, 0.4) is 0 Å². The lowest BCUT2D eigenvalue weighted by atomic mass is 10.0. The van der Waals surface area contributed by atoms with Gasteiger partial charge in [-0.25, -0.2) is 0 Å². The third-order valence-electron chi connectivity index (χ3n) is 4.66. The molecule has 6 heteroatoms. The topological polar surface area (TPSA) is 76.0 Å². The van der Waals surface area contributed by atoms with Crippen molar-refractivity contribution in [2.75, 3.05) is 6.54 Å². The summed E-state index contributed by atoms with van der Waals surface area (Å²) < 4.78 is 1.77. The molecule has 0 radical (unpaired) electrons. The van der Waals surface area contributed by atoms with Crippen LogP contribution >= 0.6 is 0 Å². The lowest BCUT2D eigenvalue weighted by molar-refractivity contribution is -0.121. The number of aryl methyl sites for hydroxylation is 2. The molecule has 3 aromatic rings. The SMILES string of the molecule is Cn1cc(CCCNC(=O)CC(NC(=O)c2ccccc2)c2ccccc2)cn1. The highest BCUT2D eigenvalue weighted by molar-refractivity contribution is 5.94. The first kappa shape index (κ1) is 20.3. The van der Waals surface area contributed by atoms with Crippen molar-refractivity contribution in [2.45, 2.75) is 25.3 Å². The molecule has 0 fully saturated rings. The summed E-state index contributed by atoms with van der Waals surface area (Å²) in [6.45, 7) is 0.585. The number of nitrogens with zero attached hydrogens (tertiary/aromatic N) is 2. The molecule has 0 spiro atoms. The molecule has 0 saturated heterocycles. The summed E-state index contributed by atoms with van der Waals surface area (Å²) in [6, 6.07) is 18.2. The lowest BCUT2D eigenvalue weighted by Crippen LogP contribution is -2.34. The van der Waals surface area contributed by atoms with Gasteiger partial charge in [-0.3, -0.25) is 14.3 Å². The number of carbonyl (C=O) groups is 2. The molecule has 1 atom stereocenters. The van der Waals surface area contributed by atoms with E-state index >= 15 is 0 Å². The van der Waals surface area contributed by atoms with Gasteiger partial charge >= 0.3 is 0 Å². The molecule has 0 aliphatic rings. The summed E-state index contributed by atoms with van der Waals surface area (Å²) in [5, 5.41) is 10.1. The molecule has 0 aliphatic carbocycles. The third-order valence-corrected chi connectivity index (χ3v) is 4.66. The van der Waals surface area contributed by atoms with E-state index < -0.39 is 0 Å². The normalized spacial score (nSPS) is 11.6. The first-order valence-electron chi connectivity index (χ1n) is 9.77. The van der Waals surface area contributed by atoms with Crippen LogP contribution in [0.15, 0.2) is 73.1 Å². The Bertz CT molecular complexity index is 922. The van der Waals surface area contributed by atoms with Gasteiger partial charge in [0.05, 0.1) is 18.7 Å². The van der Waals surface area contributed by atoms with E-state index in [0.717, 1.165) is 24.0 Å². The predicted molar refractivity (Wildman–Crippen MR) is 112 cm³/mol. The maximum atomic E-state index is 12.6. The maximum absolute atomic E-state index is 12.6. The molecule has 29 heavy (non-hydrogen) atoms. The Balaban J connectivity index is 1.55. The molecule has 1 heterocycles. The fourth-order valence-corrected chi connectivity index (χ4v) is 3.15. The van der Waals surface area contributed by atoms with Crippen LogP contribution in [0, 0.1) is 0 Å². The van der Waals surface area contributed by atoms with Gasteiger partial charge in [0.2, 0.25) is 5.91 Å². The van der Waals surface area contributed by atoms with Gasteiger partial charge in [-0.1, -0.05) is 48.5 Å². The van der Waals surface area contributed by atoms with Crippen molar-refractivity contribution in [3.8, 4) is 0 Å². The van der Waals surface area contributed by atoms with Gasteiger partial charge in [-0.15, -0.1) is 0 Å². The van der Waals surface area contributed by atoms with Crippen molar-refractivity contribution >= 4 is 11.8 Å². The standard InChI is InChI=1S/C23H26N4O2/c1-27-17-18(16-25-27)9-8-14-24-22(28)15-21(19-10-4-2-5-11-19)26-23(29)20-12-6-3-7-13-20/h2-7,10-13,16-17,21H,8-9,14-15H2,1H3,(H,24,28)(H,26,29). The minimum atomic E-state index is -0.387. The molecule has 2 amide bonds. The van der Waals surface area contributed by atoms with Crippen LogP contribution in [0.5, 0.6) is 0 Å². The zero-order valence-electron chi connectivity index (χ0n) is 16.5. The molecule has 6 nitrogen and oxygen atoms in total. The number of carbonyl (C=O) groups excluding carboxylic acids is 2. The zero-order chi connectivity index (χ0) is 20.5. The van der Waals surface area contributed by atoms with E-state index in [-0.39, 0.29) is 24.3 Å². The summed E-state index contributed by atoms with van der Waals surface area (Å²) in [5.41, 5.74) is 2.63. The number of nitrogens with one attached hydrogen (secondary N) is 2. The summed E-state index contributed by atoms with van der Waals surface area (Å²) in [6.07, 6.45) is 5.71. The average Bonchev–Trinajstić information content (AvgIpc) is 3.17. The monoisotopic (exact) mass is 390 g/mol. The second-order valence-corrected chi connectivity index (χ2v) is 6.98. The Morgan fingerprint density at radius 1 is 1.03 bits per heavy atom. The van der Waals surface area contributed by atoms with Gasteiger partial charge in [-0.2, -0.15) is 5.10 Å². The Kier molecular flexibility index (Phi) is 7.16. The first-order chi connectivity index (χ1) is 14.1. The smallest absolute Gasteiger partial charge is 0.251 e. The molecular formula is C23H26N4O2. The van der Waals surface area contributed by atoms with E-state index in [1.807, 2.05) is 68.0 Å². The zero-order valence-corrected chi connectivity index (χ0v) is 16.5. The van der Waals surface area contributed by atoms with Crippen molar-refractivity contribution in [3.63, 3.8) is 0 Å². The molecule has 0 bridgehead atoms. The average molecular weight is 390 g/mol. The van der Waals surface area contributed by atoms with E-state index in [4.69, 9.17) is 0 Å². The van der Waals surface area contributed by atoms with Crippen molar-refractivity contribution in [1.82, 2.24) is 20.4 Å². The van der Waals surface area contributed by atoms with E-state index in [9.17, 15) is 9.59 Å². The molecule has 0 saturated carbocycles. The third kappa shape index (κ3) is 6.31. The molecule has 2 N–H and O–H groups in total. The number of rotatable bonds is 9. The predicted octanol–water partition coefficient (Wildman–Crippen LogP) is 3.03. The highest BCUT2D eigenvalue weighted by Gasteiger charge is 2.19. The Labute approximate surface area is 170 Å². The molecule has 0 aliphatic heterocycles. The lowest BCUT2D eigenvalue weighted by Gasteiger charge is -2.19. The van der Waals surface area contributed by atoms with Crippen molar-refractivity contribution in [2.24, 2.45) is 7.05 Å². The molecule has 1 aromatic heterocycles. The summed E-state index contributed by atoms with van der Waals surface area (Å²) in [5.74, 6) is -0.276. The fraction of sp³-hybridized carbons (Fsp3) is 0.261. The summed E-state index contributed by atoms with van der Waals surface area (Å²) in [7, 11) is 1.89. The van der Waals surface area contributed by atoms with E-state index in [2.05, 4.69) is 15.7 Å². The Morgan fingerprint density at radius 3 is 2.38 bits per heavy atom. The summed E-state index contributed by atoms with van der Waals surface area (Å²) in [4.78, 5) is 25.1. The molecule has 2 aromatic carbocycles. The van der Waals surface area contributed by atoms with E-state index in [1.54, 1.807) is 16.8 Å². The number of hydrogen-bond acceptors (Lipinski definition) is 3. The number of benzene rings is 2. The van der Waals surface area contributed by atoms with Gasteiger partial charge in [0, 0.05) is 25.4 Å². The van der Waals surface area contributed by atoms with Gasteiger partial charge in [0.25, 0.3) is 5.91 Å². The van der Waals surface area contributed by atoms with E-state index in [0.29, 0.717) is 12.1 Å². The largest absolute Gasteiger partial charge is 0.356 e. The van der Waals surface area contributed by atoms with Crippen molar-refractivity contribution in [1.29, 1.82) is 0 Å². The Hall–Kier alpha value is -3.41. The molecule has 1 unspecified atom stereocenters. The minimum Gasteiger partial charge on any atom is -0.356 e. The number of amides is 2. The maximum Gasteiger partial charge on any atom is 0.251 e. The number of aromatic nitrogens is 2. The second-order valence-electron chi connectivity index (χ2n) is 6.98. The van der Waals surface area contributed by atoms with Crippen LogP contribution < -0.4 is 10.6 Å². The van der Waals surface area contributed by atoms with Gasteiger partial charge < -0.3 is 10.6 Å². The molecule has 150 valence electrons. The van der Waals surface area contributed by atoms with Crippen molar-refractivity contribution < 1.29 is 9.59 Å². The minimum absolute atomic E-state index is 0.0848. The van der Waals surface area contributed by atoms with Crippen molar-refractivity contribution in [3.05, 3.63) is 89.7 Å². The Morgan fingerprint density at radius 2 is 1.72 bits per heavy atom. The van der Waals surface area contributed by atoms with Crippen LogP contribution in [0.1, 0.15) is 40.4 Å². The van der Waals surface area contributed by atoms with Crippen LogP contribution in [0.25, 0.3) is 0 Å². The molecule has 3 rings (SSSR count). The second kappa shape index (κ2) is 10.2. The molecular weight excluding hydrogens is 364 g/mol. The first-order valence-corrected chi connectivity index (χ1v) is 9.77. The van der Waals surface area contributed by atoms with Gasteiger partial charge in [-0.05, 0) is 36.1 Å². The van der Waals surface area contributed by atoms with Crippen LogP contribution in [0.4, 0.5) is 0 Å². The summed E-state index contributed by atoms with van der Waals surface area (Å²) >= 11 is 0. The number of hydrogen-bond donors (Lipinski definition) is 2. The van der Waals surface area contributed by atoms with Gasteiger partial charge in [0.15, 0.2) is 0 Å². The van der Waals surface area contributed by atoms with E-state index in [1.165, 1.54) is 0 Å². The highest BCUT2D eigenvalue weighted by Crippen LogP contribution is 2.17. The van der Waals surface area contributed by atoms with Gasteiger partial charge in [0.1, 0.15) is 0 Å². The quantitative estimate of drug-likeness (QED) is 0.552. The van der Waals surface area contributed by atoms with Crippen LogP contribution in [-0.2, 0) is 18.3 Å². The van der Waals surface area contributed by atoms with Crippen LogP contribution in [0.2, 0.25) is 0 Å². The van der Waals surface area contributed by atoms with Crippen LogP contribution in [-0.4, -0.2) is 28.1 Å².